The zero-order valence-electron chi connectivity index (χ0n) is 8.00. The Labute approximate surface area is 85.0 Å². The molecule has 0 saturated heterocycles. The molecule has 1 unspecified atom stereocenters. The fraction of sp³-hybridized carbons (Fsp3) is 0.375. The van der Waals surface area contributed by atoms with Gasteiger partial charge in [0.1, 0.15) is 16.7 Å². The van der Waals surface area contributed by atoms with Gasteiger partial charge in [0.05, 0.1) is 13.2 Å². The highest BCUT2D eigenvalue weighted by Crippen LogP contribution is 2.16. The third kappa shape index (κ3) is 2.78. The lowest BCUT2D eigenvalue weighted by Gasteiger charge is -2.05. The average Bonchev–Trinajstić information content (AvgIpc) is 2.65. The van der Waals surface area contributed by atoms with Crippen molar-refractivity contribution in [3.63, 3.8) is 0 Å². The molecule has 0 saturated carbocycles. The van der Waals surface area contributed by atoms with Gasteiger partial charge in [-0.2, -0.15) is 0 Å². The van der Waals surface area contributed by atoms with E-state index in [1.165, 1.54) is 19.2 Å². The van der Waals surface area contributed by atoms with Gasteiger partial charge in [0.2, 0.25) is 0 Å². The van der Waals surface area contributed by atoms with Crippen LogP contribution in [0.4, 0.5) is 5.88 Å². The van der Waals surface area contributed by atoms with E-state index in [-0.39, 0.29) is 18.1 Å². The standard InChI is InChI=1S/C8H10N2O5/c1-14-8(11)6(9)4-5-2-3-7(15-5)10(12)13/h2-3,6H,4,9H2,1H3. The van der Waals surface area contributed by atoms with Gasteiger partial charge >= 0.3 is 11.9 Å². The Hall–Kier alpha value is -1.89. The summed E-state index contributed by atoms with van der Waals surface area (Å²) in [5.41, 5.74) is 5.44. The van der Waals surface area contributed by atoms with Crippen molar-refractivity contribution in [2.24, 2.45) is 5.73 Å². The van der Waals surface area contributed by atoms with Gasteiger partial charge in [-0.25, -0.2) is 0 Å². The first kappa shape index (κ1) is 11.2. The van der Waals surface area contributed by atoms with E-state index in [1.54, 1.807) is 0 Å². The highest BCUT2D eigenvalue weighted by Gasteiger charge is 2.18. The van der Waals surface area contributed by atoms with Crippen LogP contribution in [-0.4, -0.2) is 24.0 Å². The van der Waals surface area contributed by atoms with Crippen molar-refractivity contribution in [2.45, 2.75) is 12.5 Å². The molecule has 0 aliphatic rings. The number of rotatable bonds is 4. The summed E-state index contributed by atoms with van der Waals surface area (Å²) in [4.78, 5) is 20.6. The van der Waals surface area contributed by atoms with Crippen LogP contribution in [0.1, 0.15) is 5.76 Å². The van der Waals surface area contributed by atoms with Crippen LogP contribution in [0, 0.1) is 10.1 Å². The largest absolute Gasteiger partial charge is 0.468 e. The van der Waals surface area contributed by atoms with Crippen molar-refractivity contribution >= 4 is 11.9 Å². The van der Waals surface area contributed by atoms with Crippen molar-refractivity contribution < 1.29 is 18.9 Å². The van der Waals surface area contributed by atoms with Crippen molar-refractivity contribution in [2.75, 3.05) is 7.11 Å². The van der Waals surface area contributed by atoms with E-state index in [4.69, 9.17) is 10.2 Å². The molecule has 1 heterocycles. The number of carbonyl (C=O) groups excluding carboxylic acids is 1. The molecule has 7 heteroatoms. The normalized spacial score (nSPS) is 12.1. The Morgan fingerprint density at radius 1 is 1.73 bits per heavy atom. The summed E-state index contributed by atoms with van der Waals surface area (Å²) in [6.07, 6.45) is 0.0700. The van der Waals surface area contributed by atoms with Crippen LogP contribution in [-0.2, 0) is 16.0 Å². The average molecular weight is 214 g/mol. The summed E-state index contributed by atoms with van der Waals surface area (Å²) in [6.45, 7) is 0. The van der Waals surface area contributed by atoms with Crippen LogP contribution in [0.15, 0.2) is 16.5 Å². The van der Waals surface area contributed by atoms with Gasteiger partial charge in [-0.05, 0) is 6.07 Å². The topological polar surface area (TPSA) is 109 Å². The highest BCUT2D eigenvalue weighted by atomic mass is 16.6. The molecule has 0 aliphatic carbocycles. The van der Waals surface area contributed by atoms with Crippen LogP contribution in [0.25, 0.3) is 0 Å². The zero-order valence-corrected chi connectivity index (χ0v) is 8.00. The van der Waals surface area contributed by atoms with Gasteiger partial charge in [0.25, 0.3) is 0 Å². The molecule has 0 radical (unpaired) electrons. The number of hydrogen-bond acceptors (Lipinski definition) is 6. The third-order valence-electron chi connectivity index (χ3n) is 1.75. The van der Waals surface area contributed by atoms with Gasteiger partial charge in [-0.3, -0.25) is 14.9 Å². The van der Waals surface area contributed by atoms with Crippen molar-refractivity contribution in [3.8, 4) is 0 Å². The van der Waals surface area contributed by atoms with E-state index in [1.807, 2.05) is 0 Å². The second-order valence-electron chi connectivity index (χ2n) is 2.83. The molecule has 0 spiro atoms. The lowest BCUT2D eigenvalue weighted by atomic mass is 10.2. The molecular formula is C8H10N2O5. The Bertz CT molecular complexity index is 373. The Kier molecular flexibility index (Phi) is 3.40. The number of carbonyl (C=O) groups is 1. The molecule has 0 amide bonds. The van der Waals surface area contributed by atoms with Crippen LogP contribution in [0.2, 0.25) is 0 Å². The first-order valence-electron chi connectivity index (χ1n) is 4.11. The fourth-order valence-electron chi connectivity index (χ4n) is 1.03. The predicted octanol–water partition coefficient (Wildman–Crippen LogP) is 0.231. The number of furan rings is 1. The molecule has 7 nitrogen and oxygen atoms in total. The fourth-order valence-corrected chi connectivity index (χ4v) is 1.03. The lowest BCUT2D eigenvalue weighted by Crippen LogP contribution is -2.33. The van der Waals surface area contributed by atoms with E-state index >= 15 is 0 Å². The first-order valence-corrected chi connectivity index (χ1v) is 4.11. The van der Waals surface area contributed by atoms with Crippen LogP contribution >= 0.6 is 0 Å². The summed E-state index contributed by atoms with van der Waals surface area (Å²) in [5.74, 6) is -0.685. The predicted molar refractivity (Wildman–Crippen MR) is 49.1 cm³/mol. The molecule has 15 heavy (non-hydrogen) atoms. The molecule has 0 fully saturated rings. The van der Waals surface area contributed by atoms with Gasteiger partial charge < -0.3 is 14.9 Å². The minimum absolute atomic E-state index is 0.0700. The molecule has 1 atom stereocenters. The molecule has 1 rings (SSSR count). The maximum Gasteiger partial charge on any atom is 0.433 e. The number of nitro groups is 1. The van der Waals surface area contributed by atoms with E-state index < -0.39 is 16.9 Å². The number of esters is 1. The monoisotopic (exact) mass is 214 g/mol. The Balaban J connectivity index is 2.65. The second-order valence-corrected chi connectivity index (χ2v) is 2.83. The lowest BCUT2D eigenvalue weighted by molar-refractivity contribution is -0.402. The van der Waals surface area contributed by atoms with E-state index in [2.05, 4.69) is 4.74 Å². The van der Waals surface area contributed by atoms with Gasteiger partial charge in [-0.15, -0.1) is 0 Å². The second kappa shape index (κ2) is 4.56. The molecule has 2 N–H and O–H groups in total. The maximum atomic E-state index is 10.9. The Morgan fingerprint density at radius 3 is 2.87 bits per heavy atom. The number of methoxy groups -OCH3 is 1. The van der Waals surface area contributed by atoms with Crippen molar-refractivity contribution in [3.05, 3.63) is 28.0 Å². The summed E-state index contributed by atoms with van der Waals surface area (Å²) in [7, 11) is 1.22. The number of ether oxygens (including phenoxy) is 1. The minimum atomic E-state index is -0.874. The van der Waals surface area contributed by atoms with Crippen molar-refractivity contribution in [1.82, 2.24) is 0 Å². The van der Waals surface area contributed by atoms with E-state index in [0.717, 1.165) is 0 Å². The summed E-state index contributed by atoms with van der Waals surface area (Å²) >= 11 is 0. The molecule has 0 bridgehead atoms. The third-order valence-corrected chi connectivity index (χ3v) is 1.75. The molecule has 82 valence electrons. The van der Waals surface area contributed by atoms with E-state index in [0.29, 0.717) is 0 Å². The van der Waals surface area contributed by atoms with Crippen molar-refractivity contribution in [1.29, 1.82) is 0 Å². The summed E-state index contributed by atoms with van der Waals surface area (Å²) in [5, 5.41) is 10.3. The number of hydrogen-bond donors (Lipinski definition) is 1. The quantitative estimate of drug-likeness (QED) is 0.436. The highest BCUT2D eigenvalue weighted by molar-refractivity contribution is 5.75. The van der Waals surface area contributed by atoms with Crippen LogP contribution in [0.5, 0.6) is 0 Å². The molecule has 0 aliphatic heterocycles. The molecular weight excluding hydrogens is 204 g/mol. The number of nitrogens with zero attached hydrogens (tertiary/aromatic N) is 1. The summed E-state index contributed by atoms with van der Waals surface area (Å²) < 4.78 is 9.22. The molecule has 1 aromatic rings. The minimum Gasteiger partial charge on any atom is -0.468 e. The smallest absolute Gasteiger partial charge is 0.433 e. The Morgan fingerprint density at radius 2 is 2.40 bits per heavy atom. The van der Waals surface area contributed by atoms with Crippen LogP contribution in [0.3, 0.4) is 0 Å². The SMILES string of the molecule is COC(=O)C(N)Cc1ccc([N+](=O)[O-])o1. The molecule has 1 aromatic heterocycles. The maximum absolute atomic E-state index is 10.9. The van der Waals surface area contributed by atoms with Gasteiger partial charge in [-0.1, -0.05) is 0 Å². The van der Waals surface area contributed by atoms with Gasteiger partial charge in [0.15, 0.2) is 0 Å². The first-order chi connectivity index (χ1) is 7.04. The van der Waals surface area contributed by atoms with E-state index in [9.17, 15) is 14.9 Å². The van der Waals surface area contributed by atoms with Gasteiger partial charge in [0, 0.05) is 6.42 Å². The number of nitrogens with two attached hydrogens (primary N) is 1. The zero-order chi connectivity index (χ0) is 11.4. The molecule has 0 aromatic carbocycles. The summed E-state index contributed by atoms with van der Waals surface area (Å²) in [6, 6.07) is 1.74. The van der Waals surface area contributed by atoms with Crippen LogP contribution < -0.4 is 5.73 Å².